The van der Waals surface area contributed by atoms with Crippen LogP contribution in [0.2, 0.25) is 5.02 Å². The fraction of sp³-hybridized carbons (Fsp3) is 0.400. The van der Waals surface area contributed by atoms with Gasteiger partial charge in [-0.25, -0.2) is 0 Å². The Kier molecular flexibility index (Phi) is 7.16. The van der Waals surface area contributed by atoms with E-state index in [0.717, 1.165) is 62.0 Å². The van der Waals surface area contributed by atoms with Crippen LogP contribution in [0.4, 0.5) is 0 Å². The number of rotatable bonds is 5. The third kappa shape index (κ3) is 4.76. The number of fused-ring (bicyclic) bond motifs is 1. The van der Waals surface area contributed by atoms with Crippen molar-refractivity contribution in [2.24, 2.45) is 5.16 Å². The number of piperazine rings is 1. The van der Waals surface area contributed by atoms with Gasteiger partial charge in [0.1, 0.15) is 0 Å². The summed E-state index contributed by atoms with van der Waals surface area (Å²) in [6, 6.07) is 7.75. The van der Waals surface area contributed by atoms with E-state index in [2.05, 4.69) is 58.2 Å². The van der Waals surface area contributed by atoms with Gasteiger partial charge in [-0.3, -0.25) is 14.6 Å². The van der Waals surface area contributed by atoms with Gasteiger partial charge in [-0.15, -0.1) is 11.3 Å². The van der Waals surface area contributed by atoms with Gasteiger partial charge in [0.2, 0.25) is 5.91 Å². The zero-order chi connectivity index (χ0) is 21.3. The SMILES string of the molecule is O=C(CN1CCN(Cc2ccccc2Cl)CC1)NC1C/C(=N\O)c2c(Br)sc(Br)c21. The minimum absolute atomic E-state index is 0.0149. The number of carbonyl (C=O) groups excluding carboxylic acids is 1. The Balaban J connectivity index is 1.30. The van der Waals surface area contributed by atoms with Crippen LogP contribution < -0.4 is 5.32 Å². The Morgan fingerprint density at radius 2 is 1.90 bits per heavy atom. The highest BCUT2D eigenvalue weighted by molar-refractivity contribution is 9.12. The van der Waals surface area contributed by atoms with Crippen molar-refractivity contribution in [2.45, 2.75) is 19.0 Å². The quantitative estimate of drug-likeness (QED) is 0.407. The molecule has 1 aromatic heterocycles. The van der Waals surface area contributed by atoms with Gasteiger partial charge in [0.15, 0.2) is 0 Å². The molecule has 0 spiro atoms. The molecular weight excluding hydrogens is 556 g/mol. The molecule has 2 aromatic rings. The Morgan fingerprint density at radius 3 is 2.60 bits per heavy atom. The highest BCUT2D eigenvalue weighted by Gasteiger charge is 2.35. The molecule has 1 saturated heterocycles. The van der Waals surface area contributed by atoms with Crippen LogP contribution in [0, 0.1) is 0 Å². The van der Waals surface area contributed by atoms with Gasteiger partial charge >= 0.3 is 0 Å². The van der Waals surface area contributed by atoms with Crippen LogP contribution >= 0.6 is 54.8 Å². The van der Waals surface area contributed by atoms with Crippen molar-refractivity contribution < 1.29 is 10.0 Å². The van der Waals surface area contributed by atoms with Crippen molar-refractivity contribution in [1.29, 1.82) is 0 Å². The monoisotopic (exact) mass is 574 g/mol. The second kappa shape index (κ2) is 9.67. The van der Waals surface area contributed by atoms with Crippen molar-refractivity contribution in [3.05, 3.63) is 53.6 Å². The Labute approximate surface area is 201 Å². The molecule has 160 valence electrons. The van der Waals surface area contributed by atoms with E-state index in [9.17, 15) is 10.0 Å². The van der Waals surface area contributed by atoms with E-state index >= 15 is 0 Å². The average molecular weight is 577 g/mol. The predicted molar refractivity (Wildman–Crippen MR) is 127 cm³/mol. The van der Waals surface area contributed by atoms with Crippen molar-refractivity contribution in [3.63, 3.8) is 0 Å². The fourth-order valence-electron chi connectivity index (χ4n) is 4.00. The highest BCUT2D eigenvalue weighted by Crippen LogP contribution is 2.46. The lowest BCUT2D eigenvalue weighted by atomic mass is 10.2. The lowest BCUT2D eigenvalue weighted by molar-refractivity contribution is -0.123. The van der Waals surface area contributed by atoms with Crippen molar-refractivity contribution in [2.75, 3.05) is 32.7 Å². The Bertz CT molecular complexity index is 976. The fourth-order valence-corrected chi connectivity index (χ4v) is 7.57. The maximum absolute atomic E-state index is 12.7. The van der Waals surface area contributed by atoms with E-state index in [0.29, 0.717) is 18.7 Å². The first-order valence-electron chi connectivity index (χ1n) is 9.62. The molecule has 0 saturated carbocycles. The van der Waals surface area contributed by atoms with E-state index in [1.807, 2.05) is 18.2 Å². The molecule has 2 N–H and O–H groups in total. The average Bonchev–Trinajstić information content (AvgIpc) is 3.23. The van der Waals surface area contributed by atoms with E-state index < -0.39 is 0 Å². The molecule has 1 aromatic carbocycles. The first-order chi connectivity index (χ1) is 14.5. The standard InChI is InChI=1S/C20H21Br2ClN4O2S/c21-19-17-14(9-15(25-29)18(17)20(22)30-19)24-16(28)11-27-7-5-26(6-8-27)10-12-3-1-2-4-13(12)23/h1-4,14,29H,5-11H2,(H,24,28)/b25-15+. The maximum atomic E-state index is 12.7. The second-order valence-corrected chi connectivity index (χ2v) is 11.5. The normalized spacial score (nSPS) is 21.2. The Hall–Kier alpha value is -0.970. The molecule has 4 rings (SSSR count). The third-order valence-electron chi connectivity index (χ3n) is 5.53. The summed E-state index contributed by atoms with van der Waals surface area (Å²) in [6.07, 6.45) is 0.489. The minimum Gasteiger partial charge on any atom is -0.411 e. The van der Waals surface area contributed by atoms with Crippen molar-refractivity contribution in [1.82, 2.24) is 15.1 Å². The molecule has 2 aliphatic rings. The summed E-state index contributed by atoms with van der Waals surface area (Å²) in [7, 11) is 0. The largest absolute Gasteiger partial charge is 0.411 e. The summed E-state index contributed by atoms with van der Waals surface area (Å²) in [6.45, 7) is 4.66. The zero-order valence-electron chi connectivity index (χ0n) is 16.1. The molecule has 1 aliphatic carbocycles. The van der Waals surface area contributed by atoms with Crippen molar-refractivity contribution in [3.8, 4) is 0 Å². The first kappa shape index (κ1) is 22.2. The van der Waals surface area contributed by atoms with Gasteiger partial charge < -0.3 is 10.5 Å². The van der Waals surface area contributed by atoms with Crippen LogP contribution in [-0.2, 0) is 11.3 Å². The van der Waals surface area contributed by atoms with Crippen molar-refractivity contribution >= 4 is 66.4 Å². The molecule has 6 nitrogen and oxygen atoms in total. The summed E-state index contributed by atoms with van der Waals surface area (Å²) in [5.41, 5.74) is 3.60. The van der Waals surface area contributed by atoms with Gasteiger partial charge in [0, 0.05) is 55.3 Å². The predicted octanol–water partition coefficient (Wildman–Crippen LogP) is 4.48. The summed E-state index contributed by atoms with van der Waals surface area (Å²) >= 11 is 14.9. The topological polar surface area (TPSA) is 68.2 Å². The molecule has 1 atom stereocenters. The highest BCUT2D eigenvalue weighted by atomic mass is 79.9. The van der Waals surface area contributed by atoms with Crippen LogP contribution in [-0.4, -0.2) is 59.3 Å². The number of oxime groups is 1. The Morgan fingerprint density at radius 1 is 1.20 bits per heavy atom. The minimum atomic E-state index is -0.183. The summed E-state index contributed by atoms with van der Waals surface area (Å²) < 4.78 is 1.85. The molecule has 1 amide bonds. The molecule has 10 heteroatoms. The van der Waals surface area contributed by atoms with Gasteiger partial charge in [-0.1, -0.05) is 35.0 Å². The number of nitrogens with one attached hydrogen (secondary N) is 1. The van der Waals surface area contributed by atoms with Gasteiger partial charge in [0.25, 0.3) is 0 Å². The van der Waals surface area contributed by atoms with Crippen LogP contribution in [0.15, 0.2) is 37.0 Å². The molecular formula is C20H21Br2ClN4O2S. The number of thiophene rings is 1. The second-order valence-electron chi connectivity index (χ2n) is 7.45. The molecule has 1 fully saturated rings. The van der Waals surface area contributed by atoms with Gasteiger partial charge in [-0.2, -0.15) is 0 Å². The number of hydrogen-bond donors (Lipinski definition) is 2. The smallest absolute Gasteiger partial charge is 0.234 e. The number of nitrogens with zero attached hydrogens (tertiary/aromatic N) is 3. The molecule has 2 heterocycles. The zero-order valence-corrected chi connectivity index (χ0v) is 20.8. The summed E-state index contributed by atoms with van der Waals surface area (Å²) in [5.74, 6) is -0.0149. The molecule has 0 radical (unpaired) electrons. The molecule has 1 unspecified atom stereocenters. The third-order valence-corrected chi connectivity index (χ3v) is 8.48. The number of benzene rings is 1. The number of carbonyl (C=O) groups is 1. The summed E-state index contributed by atoms with van der Waals surface area (Å²) in [5, 5.41) is 16.7. The van der Waals surface area contributed by atoms with E-state index in [1.165, 1.54) is 11.3 Å². The number of halogens is 3. The molecule has 30 heavy (non-hydrogen) atoms. The van der Waals surface area contributed by atoms with E-state index in [4.69, 9.17) is 11.6 Å². The lowest BCUT2D eigenvalue weighted by Crippen LogP contribution is -2.49. The van der Waals surface area contributed by atoms with Gasteiger partial charge in [-0.05, 0) is 43.5 Å². The lowest BCUT2D eigenvalue weighted by Gasteiger charge is -2.34. The summed E-state index contributed by atoms with van der Waals surface area (Å²) in [4.78, 5) is 17.2. The first-order valence-corrected chi connectivity index (χ1v) is 12.4. The van der Waals surface area contributed by atoms with Crippen LogP contribution in [0.3, 0.4) is 0 Å². The molecule has 0 bridgehead atoms. The van der Waals surface area contributed by atoms with E-state index in [-0.39, 0.29) is 11.9 Å². The van der Waals surface area contributed by atoms with E-state index in [1.54, 1.807) is 0 Å². The maximum Gasteiger partial charge on any atom is 0.234 e. The number of amides is 1. The van der Waals surface area contributed by atoms with Crippen LogP contribution in [0.25, 0.3) is 0 Å². The van der Waals surface area contributed by atoms with Gasteiger partial charge in [0.05, 0.1) is 25.9 Å². The number of hydrogen-bond acceptors (Lipinski definition) is 6. The van der Waals surface area contributed by atoms with Crippen LogP contribution in [0.5, 0.6) is 0 Å². The van der Waals surface area contributed by atoms with Crippen LogP contribution in [0.1, 0.15) is 29.2 Å². The molecule has 1 aliphatic heterocycles.